The standard InChI is InChI=1S/C22H21N5O2S2/c1-16-21(30-22(24-16)17-7-5-4-6-8-17)20-13-14-27(25-20)18-9-11-19(12-10-18)31(28,29)23-15-26(2)3/h4-15H,1-3H3. The highest BCUT2D eigenvalue weighted by Crippen LogP contribution is 2.34. The van der Waals surface area contributed by atoms with E-state index in [0.717, 1.165) is 32.5 Å². The van der Waals surface area contributed by atoms with Gasteiger partial charge in [0.2, 0.25) is 0 Å². The molecule has 2 aromatic carbocycles. The average Bonchev–Trinajstić information content (AvgIpc) is 3.40. The van der Waals surface area contributed by atoms with Gasteiger partial charge in [-0.25, -0.2) is 9.67 Å². The van der Waals surface area contributed by atoms with E-state index in [4.69, 9.17) is 4.98 Å². The minimum absolute atomic E-state index is 0.132. The highest BCUT2D eigenvalue weighted by molar-refractivity contribution is 7.90. The van der Waals surface area contributed by atoms with E-state index in [0.29, 0.717) is 0 Å². The zero-order valence-corrected chi connectivity index (χ0v) is 18.9. The predicted octanol–water partition coefficient (Wildman–Crippen LogP) is 4.25. The number of aromatic nitrogens is 3. The molecule has 0 aliphatic carbocycles. The molecule has 0 atom stereocenters. The van der Waals surface area contributed by atoms with Crippen molar-refractivity contribution in [2.24, 2.45) is 4.40 Å². The first-order chi connectivity index (χ1) is 14.8. The number of nitrogens with zero attached hydrogens (tertiary/aromatic N) is 5. The molecule has 0 aliphatic rings. The number of aryl methyl sites for hydroxylation is 1. The summed E-state index contributed by atoms with van der Waals surface area (Å²) in [6.07, 6.45) is 3.12. The van der Waals surface area contributed by atoms with Gasteiger partial charge in [-0.05, 0) is 37.3 Å². The Morgan fingerprint density at radius 2 is 1.74 bits per heavy atom. The summed E-state index contributed by atoms with van der Waals surface area (Å²) >= 11 is 1.60. The van der Waals surface area contributed by atoms with Crippen molar-refractivity contribution in [3.8, 4) is 26.8 Å². The first-order valence-electron chi connectivity index (χ1n) is 9.50. The molecule has 0 saturated carbocycles. The van der Waals surface area contributed by atoms with E-state index in [1.165, 1.54) is 18.5 Å². The largest absolute Gasteiger partial charge is 0.368 e. The van der Waals surface area contributed by atoms with E-state index >= 15 is 0 Å². The number of rotatable bonds is 6. The normalized spacial score (nSPS) is 11.8. The Kier molecular flexibility index (Phi) is 5.71. The summed E-state index contributed by atoms with van der Waals surface area (Å²) < 4.78 is 29.9. The third-order valence-electron chi connectivity index (χ3n) is 4.46. The molecule has 0 radical (unpaired) electrons. The van der Waals surface area contributed by atoms with Gasteiger partial charge in [0.05, 0.1) is 21.2 Å². The van der Waals surface area contributed by atoms with Gasteiger partial charge < -0.3 is 4.90 Å². The summed E-state index contributed by atoms with van der Waals surface area (Å²) in [5.41, 5.74) is 3.58. The first kappa shape index (κ1) is 21.0. The van der Waals surface area contributed by atoms with E-state index in [1.807, 2.05) is 49.5 Å². The Labute approximate surface area is 185 Å². The zero-order chi connectivity index (χ0) is 22.0. The molecule has 0 saturated heterocycles. The zero-order valence-electron chi connectivity index (χ0n) is 17.3. The van der Waals surface area contributed by atoms with Crippen molar-refractivity contribution in [2.75, 3.05) is 14.1 Å². The van der Waals surface area contributed by atoms with Crippen LogP contribution in [0.2, 0.25) is 0 Å². The third-order valence-corrected chi connectivity index (χ3v) is 6.92. The van der Waals surface area contributed by atoms with Crippen molar-refractivity contribution >= 4 is 27.7 Å². The van der Waals surface area contributed by atoms with Crippen LogP contribution in [0.15, 0.2) is 76.2 Å². The molecular formula is C22H21N5O2S2. The maximum atomic E-state index is 12.3. The van der Waals surface area contributed by atoms with Crippen molar-refractivity contribution in [3.63, 3.8) is 0 Å². The molecule has 0 unspecified atom stereocenters. The summed E-state index contributed by atoms with van der Waals surface area (Å²) in [5, 5.41) is 5.63. The minimum Gasteiger partial charge on any atom is -0.368 e. The van der Waals surface area contributed by atoms with Gasteiger partial charge in [-0.1, -0.05) is 30.3 Å². The summed E-state index contributed by atoms with van der Waals surface area (Å²) in [4.78, 5) is 7.41. The van der Waals surface area contributed by atoms with Crippen molar-refractivity contribution in [1.82, 2.24) is 19.7 Å². The molecule has 158 valence electrons. The Morgan fingerprint density at radius 1 is 1.03 bits per heavy atom. The molecule has 2 heterocycles. The van der Waals surface area contributed by atoms with Gasteiger partial charge in [0, 0.05) is 25.9 Å². The fourth-order valence-corrected chi connectivity index (χ4v) is 4.87. The van der Waals surface area contributed by atoms with E-state index in [-0.39, 0.29) is 4.90 Å². The lowest BCUT2D eigenvalue weighted by molar-refractivity contribution is 0.594. The predicted molar refractivity (Wildman–Crippen MR) is 124 cm³/mol. The smallest absolute Gasteiger partial charge is 0.283 e. The fourth-order valence-electron chi connectivity index (χ4n) is 2.92. The Balaban J connectivity index is 1.59. The molecule has 0 N–H and O–H groups in total. The van der Waals surface area contributed by atoms with E-state index < -0.39 is 10.0 Å². The molecule has 2 aromatic heterocycles. The van der Waals surface area contributed by atoms with E-state index in [1.54, 1.807) is 47.1 Å². The van der Waals surface area contributed by atoms with Gasteiger partial charge in [-0.15, -0.1) is 15.7 Å². The lowest BCUT2D eigenvalue weighted by atomic mass is 10.2. The highest BCUT2D eigenvalue weighted by Gasteiger charge is 2.15. The van der Waals surface area contributed by atoms with Crippen LogP contribution in [0, 0.1) is 6.92 Å². The third kappa shape index (κ3) is 4.57. The minimum atomic E-state index is -3.73. The van der Waals surface area contributed by atoms with Gasteiger partial charge in [0.25, 0.3) is 10.0 Å². The van der Waals surface area contributed by atoms with Gasteiger partial charge in [0.1, 0.15) is 17.0 Å². The van der Waals surface area contributed by atoms with Crippen LogP contribution >= 0.6 is 11.3 Å². The van der Waals surface area contributed by atoms with Gasteiger partial charge >= 0.3 is 0 Å². The molecule has 9 heteroatoms. The van der Waals surface area contributed by atoms with Crippen LogP contribution in [-0.2, 0) is 10.0 Å². The van der Waals surface area contributed by atoms with Gasteiger partial charge in [-0.2, -0.15) is 13.5 Å². The van der Waals surface area contributed by atoms with Crippen LogP contribution in [0.3, 0.4) is 0 Å². The molecule has 0 spiro atoms. The molecule has 7 nitrogen and oxygen atoms in total. The van der Waals surface area contributed by atoms with Crippen LogP contribution in [0.4, 0.5) is 0 Å². The first-order valence-corrected chi connectivity index (χ1v) is 11.8. The molecule has 0 amide bonds. The maximum absolute atomic E-state index is 12.3. The van der Waals surface area contributed by atoms with Crippen LogP contribution in [0.25, 0.3) is 26.8 Å². The van der Waals surface area contributed by atoms with Crippen molar-refractivity contribution < 1.29 is 8.42 Å². The fraction of sp³-hybridized carbons (Fsp3) is 0.136. The van der Waals surface area contributed by atoms with Crippen LogP contribution in [-0.4, -0.2) is 48.5 Å². The van der Waals surface area contributed by atoms with E-state index in [9.17, 15) is 8.42 Å². The second-order valence-electron chi connectivity index (χ2n) is 7.10. The summed E-state index contributed by atoms with van der Waals surface area (Å²) in [5.74, 6) is 0. The Morgan fingerprint density at radius 3 is 2.42 bits per heavy atom. The number of hydrogen-bond acceptors (Lipinski definition) is 5. The SMILES string of the molecule is Cc1nc(-c2ccccc2)sc1-c1ccn(-c2ccc(S(=O)(=O)N=CN(C)C)cc2)n1. The molecule has 0 fully saturated rings. The number of thiazole rings is 1. The second-order valence-corrected chi connectivity index (χ2v) is 9.73. The van der Waals surface area contributed by atoms with Crippen LogP contribution < -0.4 is 0 Å². The molecule has 31 heavy (non-hydrogen) atoms. The van der Waals surface area contributed by atoms with Crippen molar-refractivity contribution in [3.05, 3.63) is 72.6 Å². The van der Waals surface area contributed by atoms with Crippen molar-refractivity contribution in [2.45, 2.75) is 11.8 Å². The topological polar surface area (TPSA) is 80.4 Å². The summed E-state index contributed by atoms with van der Waals surface area (Å²) in [6, 6.07) is 18.5. The monoisotopic (exact) mass is 451 g/mol. The molecule has 0 aliphatic heterocycles. The highest BCUT2D eigenvalue weighted by atomic mass is 32.2. The molecule has 0 bridgehead atoms. The van der Waals surface area contributed by atoms with Gasteiger partial charge in [0.15, 0.2) is 0 Å². The maximum Gasteiger partial charge on any atom is 0.283 e. The van der Waals surface area contributed by atoms with Crippen molar-refractivity contribution in [1.29, 1.82) is 0 Å². The number of sulfonamides is 1. The van der Waals surface area contributed by atoms with Gasteiger partial charge in [-0.3, -0.25) is 0 Å². The van der Waals surface area contributed by atoms with E-state index in [2.05, 4.69) is 9.50 Å². The lowest BCUT2D eigenvalue weighted by Crippen LogP contribution is -2.10. The molecule has 4 aromatic rings. The molecular weight excluding hydrogens is 430 g/mol. The lowest BCUT2D eigenvalue weighted by Gasteiger charge is -2.05. The molecule has 4 rings (SSSR count). The summed E-state index contributed by atoms with van der Waals surface area (Å²) in [6.45, 7) is 1.98. The van der Waals surface area contributed by atoms with Crippen LogP contribution in [0.1, 0.15) is 5.69 Å². The number of hydrogen-bond donors (Lipinski definition) is 0. The quantitative estimate of drug-likeness (QED) is 0.323. The Hall–Kier alpha value is -3.30. The number of benzene rings is 2. The Bertz CT molecular complexity index is 1320. The van der Waals surface area contributed by atoms with Crippen LogP contribution in [0.5, 0.6) is 0 Å². The second kappa shape index (κ2) is 8.44. The summed E-state index contributed by atoms with van der Waals surface area (Å²) in [7, 11) is -0.303. The average molecular weight is 452 g/mol.